The van der Waals surface area contributed by atoms with Crippen molar-refractivity contribution in [2.24, 2.45) is 0 Å². The van der Waals surface area contributed by atoms with Crippen LogP contribution in [0.15, 0.2) is 54.9 Å². The summed E-state index contributed by atoms with van der Waals surface area (Å²) in [5.41, 5.74) is 2.92. The molecule has 0 amide bonds. The molecule has 0 aliphatic carbocycles. The van der Waals surface area contributed by atoms with Gasteiger partial charge < -0.3 is 5.32 Å². The first kappa shape index (κ1) is 18.5. The summed E-state index contributed by atoms with van der Waals surface area (Å²) in [7, 11) is 0. The second-order valence-corrected chi connectivity index (χ2v) is 6.57. The van der Waals surface area contributed by atoms with Crippen molar-refractivity contribution in [3.05, 3.63) is 70.5 Å². The number of benzene rings is 2. The molecular formula is C20H19N7O2. The van der Waals surface area contributed by atoms with Gasteiger partial charge in [-0.2, -0.15) is 4.68 Å². The van der Waals surface area contributed by atoms with Crippen molar-refractivity contribution < 1.29 is 4.92 Å². The summed E-state index contributed by atoms with van der Waals surface area (Å²) in [5, 5.41) is 23.0. The molecule has 0 radical (unpaired) electrons. The fraction of sp³-hybridized carbons (Fsp3) is 0.200. The number of nitrogens with one attached hydrogen (secondary N) is 1. The minimum atomic E-state index is -0.510. The van der Waals surface area contributed by atoms with Gasteiger partial charge in [0.2, 0.25) is 11.6 Å². The van der Waals surface area contributed by atoms with Crippen LogP contribution in [0.2, 0.25) is 0 Å². The topological polar surface area (TPSA) is 112 Å². The van der Waals surface area contributed by atoms with Crippen LogP contribution in [0.4, 0.5) is 17.2 Å². The summed E-state index contributed by atoms with van der Waals surface area (Å²) in [6, 6.07) is 15.0. The van der Waals surface area contributed by atoms with Crippen molar-refractivity contribution in [1.29, 1.82) is 0 Å². The second kappa shape index (κ2) is 8.01. The average molecular weight is 389 g/mol. The zero-order valence-electron chi connectivity index (χ0n) is 15.8. The van der Waals surface area contributed by atoms with E-state index < -0.39 is 4.92 Å². The van der Waals surface area contributed by atoms with E-state index in [1.807, 2.05) is 36.4 Å². The highest BCUT2D eigenvalue weighted by molar-refractivity contribution is 5.78. The Bertz CT molecular complexity index is 1160. The quantitative estimate of drug-likeness (QED) is 0.372. The Morgan fingerprint density at radius 3 is 2.66 bits per heavy atom. The highest BCUT2D eigenvalue weighted by atomic mass is 16.6. The monoisotopic (exact) mass is 389 g/mol. The van der Waals surface area contributed by atoms with Crippen LogP contribution in [-0.4, -0.2) is 29.9 Å². The first-order valence-corrected chi connectivity index (χ1v) is 9.33. The van der Waals surface area contributed by atoms with Crippen LogP contribution >= 0.6 is 0 Å². The van der Waals surface area contributed by atoms with Crippen LogP contribution in [0.5, 0.6) is 0 Å². The van der Waals surface area contributed by atoms with Crippen molar-refractivity contribution in [2.75, 3.05) is 5.32 Å². The lowest BCUT2D eigenvalue weighted by Crippen LogP contribution is -2.09. The van der Waals surface area contributed by atoms with E-state index in [1.165, 1.54) is 16.6 Å². The molecule has 29 heavy (non-hydrogen) atoms. The molecule has 1 N–H and O–H groups in total. The van der Waals surface area contributed by atoms with Crippen molar-refractivity contribution in [1.82, 2.24) is 25.0 Å². The standard InChI is InChI=1S/C20H19N7O2/c1-2-3-6-14-9-11-15(12-10-14)23-19-18(27(28)29)20(22-13-21-19)26-17-8-5-4-7-16(17)24-25-26/h4-5,7-13H,2-3,6H2,1H3,(H,21,22,23). The largest absolute Gasteiger partial charge is 0.356 e. The summed E-state index contributed by atoms with van der Waals surface area (Å²) in [4.78, 5) is 19.6. The third-order valence-electron chi connectivity index (χ3n) is 4.57. The van der Waals surface area contributed by atoms with E-state index in [9.17, 15) is 10.1 Å². The van der Waals surface area contributed by atoms with Gasteiger partial charge >= 0.3 is 5.69 Å². The Morgan fingerprint density at radius 1 is 1.10 bits per heavy atom. The minimum absolute atomic E-state index is 0.0563. The molecule has 0 bridgehead atoms. The number of anilines is 2. The summed E-state index contributed by atoms with van der Waals surface area (Å²) in [6.07, 6.45) is 4.54. The van der Waals surface area contributed by atoms with Gasteiger partial charge in [0.05, 0.1) is 10.4 Å². The number of hydrogen-bond acceptors (Lipinski definition) is 7. The van der Waals surface area contributed by atoms with Crippen LogP contribution in [0.3, 0.4) is 0 Å². The van der Waals surface area contributed by atoms with Gasteiger partial charge in [-0.25, -0.2) is 9.97 Å². The minimum Gasteiger partial charge on any atom is -0.334 e. The summed E-state index contributed by atoms with van der Waals surface area (Å²) in [5.74, 6) is 0.154. The smallest absolute Gasteiger partial charge is 0.334 e. The zero-order chi connectivity index (χ0) is 20.2. The van der Waals surface area contributed by atoms with Crippen molar-refractivity contribution in [3.8, 4) is 5.82 Å². The van der Waals surface area contributed by atoms with Crippen LogP contribution in [0, 0.1) is 10.1 Å². The van der Waals surface area contributed by atoms with Crippen molar-refractivity contribution >= 4 is 28.2 Å². The van der Waals surface area contributed by atoms with Crippen LogP contribution in [0.1, 0.15) is 25.3 Å². The molecule has 0 aliphatic heterocycles. The SMILES string of the molecule is CCCCc1ccc(Nc2ncnc(-n3nnc4ccccc43)c2[N+](=O)[O-])cc1. The summed E-state index contributed by atoms with van der Waals surface area (Å²) >= 11 is 0. The Morgan fingerprint density at radius 2 is 1.90 bits per heavy atom. The Hall–Kier alpha value is -3.88. The van der Waals surface area contributed by atoms with Gasteiger partial charge in [0.15, 0.2) is 0 Å². The molecule has 4 rings (SSSR count). The molecule has 2 aromatic heterocycles. The van der Waals surface area contributed by atoms with Gasteiger partial charge in [-0.15, -0.1) is 5.10 Å². The number of aromatic nitrogens is 5. The summed E-state index contributed by atoms with van der Waals surface area (Å²) in [6.45, 7) is 2.15. The van der Waals surface area contributed by atoms with E-state index in [0.29, 0.717) is 16.7 Å². The maximum Gasteiger partial charge on any atom is 0.356 e. The third kappa shape index (κ3) is 3.75. The number of aryl methyl sites for hydroxylation is 1. The van der Waals surface area contributed by atoms with Gasteiger partial charge in [-0.1, -0.05) is 42.8 Å². The molecule has 0 saturated heterocycles. The highest BCUT2D eigenvalue weighted by Crippen LogP contribution is 2.31. The van der Waals surface area contributed by atoms with Crippen molar-refractivity contribution in [2.45, 2.75) is 26.2 Å². The predicted octanol–water partition coefficient (Wildman–Crippen LogP) is 4.20. The molecule has 0 aliphatic rings. The molecular weight excluding hydrogens is 370 g/mol. The Kier molecular flexibility index (Phi) is 5.10. The Labute approximate surface area is 166 Å². The number of unbranched alkanes of at least 4 members (excludes halogenated alkanes) is 1. The molecule has 2 heterocycles. The molecule has 9 heteroatoms. The number of rotatable bonds is 7. The van der Waals surface area contributed by atoms with Gasteiger partial charge in [0.25, 0.3) is 0 Å². The number of nitrogens with zero attached hydrogens (tertiary/aromatic N) is 6. The number of fused-ring (bicyclic) bond motifs is 1. The van der Waals surface area contributed by atoms with E-state index >= 15 is 0 Å². The van der Waals surface area contributed by atoms with Gasteiger partial charge in [-0.05, 0) is 42.7 Å². The van der Waals surface area contributed by atoms with Crippen LogP contribution < -0.4 is 5.32 Å². The third-order valence-corrected chi connectivity index (χ3v) is 4.57. The lowest BCUT2D eigenvalue weighted by Gasteiger charge is -2.09. The summed E-state index contributed by atoms with van der Waals surface area (Å²) < 4.78 is 1.36. The van der Waals surface area contributed by atoms with E-state index in [1.54, 1.807) is 12.1 Å². The highest BCUT2D eigenvalue weighted by Gasteiger charge is 2.26. The molecule has 0 fully saturated rings. The lowest BCUT2D eigenvalue weighted by atomic mass is 10.1. The molecule has 4 aromatic rings. The second-order valence-electron chi connectivity index (χ2n) is 6.57. The van der Waals surface area contributed by atoms with Crippen LogP contribution in [0.25, 0.3) is 16.9 Å². The van der Waals surface area contributed by atoms with E-state index in [2.05, 4.69) is 32.5 Å². The van der Waals surface area contributed by atoms with Gasteiger partial charge in [0.1, 0.15) is 11.8 Å². The molecule has 146 valence electrons. The van der Waals surface area contributed by atoms with Gasteiger partial charge in [0, 0.05) is 5.69 Å². The van der Waals surface area contributed by atoms with Crippen LogP contribution in [-0.2, 0) is 6.42 Å². The fourth-order valence-electron chi connectivity index (χ4n) is 3.08. The molecule has 9 nitrogen and oxygen atoms in total. The molecule has 2 aromatic carbocycles. The van der Waals surface area contributed by atoms with Crippen molar-refractivity contribution in [3.63, 3.8) is 0 Å². The lowest BCUT2D eigenvalue weighted by molar-refractivity contribution is -0.384. The number of hydrogen-bond donors (Lipinski definition) is 1. The average Bonchev–Trinajstić information content (AvgIpc) is 3.17. The van der Waals surface area contributed by atoms with E-state index in [0.717, 1.165) is 19.3 Å². The first-order chi connectivity index (χ1) is 14.2. The number of para-hydroxylation sites is 1. The maximum absolute atomic E-state index is 11.9. The molecule has 0 unspecified atom stereocenters. The number of nitro groups is 1. The molecule has 0 saturated carbocycles. The zero-order valence-corrected chi connectivity index (χ0v) is 15.8. The first-order valence-electron chi connectivity index (χ1n) is 9.33. The predicted molar refractivity (Wildman–Crippen MR) is 109 cm³/mol. The normalized spacial score (nSPS) is 10.9. The molecule has 0 atom stereocenters. The van der Waals surface area contributed by atoms with E-state index in [4.69, 9.17) is 0 Å². The Balaban J connectivity index is 1.71. The molecule has 0 spiro atoms. The van der Waals surface area contributed by atoms with E-state index in [-0.39, 0.29) is 17.3 Å². The fourth-order valence-corrected chi connectivity index (χ4v) is 3.08. The maximum atomic E-state index is 11.9. The van der Waals surface area contributed by atoms with Gasteiger partial charge in [-0.3, -0.25) is 10.1 Å².